The minimum atomic E-state index is -5.04. The summed E-state index contributed by atoms with van der Waals surface area (Å²) >= 11 is 0. The summed E-state index contributed by atoms with van der Waals surface area (Å²) < 4.78 is 99.0. The summed E-state index contributed by atoms with van der Waals surface area (Å²) in [7, 11) is 1.10. The van der Waals surface area contributed by atoms with Gasteiger partial charge in [0.15, 0.2) is 34.5 Å². The van der Waals surface area contributed by atoms with Crippen LogP contribution in [0.15, 0.2) is 36.7 Å². The maximum Gasteiger partial charge on any atom is 0.573 e. The van der Waals surface area contributed by atoms with Crippen LogP contribution in [-0.4, -0.2) is 41.7 Å². The van der Waals surface area contributed by atoms with Crippen molar-refractivity contribution in [1.82, 2.24) is 9.97 Å². The van der Waals surface area contributed by atoms with E-state index in [9.17, 15) is 35.9 Å². The first-order chi connectivity index (χ1) is 18.6. The van der Waals surface area contributed by atoms with Gasteiger partial charge in [-0.2, -0.15) is 13.2 Å². The number of ketones is 1. The van der Waals surface area contributed by atoms with E-state index >= 15 is 0 Å². The zero-order chi connectivity index (χ0) is 29.8. The van der Waals surface area contributed by atoms with E-state index in [0.29, 0.717) is 11.8 Å². The smallest absolute Gasteiger partial charge is 0.493 e. The normalized spacial score (nSPS) is 11.6. The van der Waals surface area contributed by atoms with E-state index in [1.807, 2.05) is 0 Å². The van der Waals surface area contributed by atoms with Crippen LogP contribution in [0.3, 0.4) is 0 Å². The van der Waals surface area contributed by atoms with Crippen molar-refractivity contribution in [3.63, 3.8) is 0 Å². The molecule has 15 heteroatoms. The monoisotopic (exact) mass is 573 g/mol. The molecule has 0 atom stereocenters. The summed E-state index contributed by atoms with van der Waals surface area (Å²) in [6, 6.07) is 3.93. The predicted octanol–water partition coefficient (Wildman–Crippen LogP) is 6.36. The van der Waals surface area contributed by atoms with Gasteiger partial charge in [0.25, 0.3) is 5.91 Å². The van der Waals surface area contributed by atoms with Crippen LogP contribution in [-0.2, 0) is 6.18 Å². The fourth-order valence-corrected chi connectivity index (χ4v) is 3.34. The summed E-state index contributed by atoms with van der Waals surface area (Å²) in [5, 5.41) is 2.43. The lowest BCUT2D eigenvalue weighted by atomic mass is 10.1. The Morgan fingerprint density at radius 1 is 0.975 bits per heavy atom. The first kappa shape index (κ1) is 30.0. The second-order valence-corrected chi connectivity index (χ2v) is 7.96. The van der Waals surface area contributed by atoms with Crippen molar-refractivity contribution in [2.75, 3.05) is 19.0 Å². The van der Waals surface area contributed by atoms with Gasteiger partial charge in [0, 0.05) is 24.9 Å². The zero-order valence-electron chi connectivity index (χ0n) is 21.3. The largest absolute Gasteiger partial charge is 0.573 e. The number of rotatable bonds is 9. The van der Waals surface area contributed by atoms with Crippen molar-refractivity contribution in [3.8, 4) is 28.7 Å². The minimum absolute atomic E-state index is 0.0148. The molecule has 1 aromatic carbocycles. The number of amides is 1. The van der Waals surface area contributed by atoms with Crippen LogP contribution in [0.4, 0.5) is 32.0 Å². The third-order valence-corrected chi connectivity index (χ3v) is 5.08. The Labute approximate surface area is 223 Å². The predicted molar refractivity (Wildman–Crippen MR) is 127 cm³/mol. The maximum absolute atomic E-state index is 13.8. The molecule has 0 spiro atoms. The van der Waals surface area contributed by atoms with Crippen LogP contribution in [0.2, 0.25) is 0 Å². The van der Waals surface area contributed by atoms with Crippen LogP contribution in [0.5, 0.6) is 28.7 Å². The van der Waals surface area contributed by atoms with Gasteiger partial charge in [-0.05, 0) is 37.6 Å². The highest BCUT2D eigenvalue weighted by Crippen LogP contribution is 2.43. The van der Waals surface area contributed by atoms with E-state index < -0.39 is 52.7 Å². The first-order valence-corrected chi connectivity index (χ1v) is 11.3. The highest BCUT2D eigenvalue weighted by Gasteiger charge is 2.40. The third-order valence-electron chi connectivity index (χ3n) is 5.08. The fourth-order valence-electron chi connectivity index (χ4n) is 3.34. The number of methoxy groups -OCH3 is 1. The van der Waals surface area contributed by atoms with Crippen LogP contribution in [0.1, 0.15) is 46.0 Å². The summed E-state index contributed by atoms with van der Waals surface area (Å²) in [5.74, 6) is -4.32. The van der Waals surface area contributed by atoms with Crippen molar-refractivity contribution in [1.29, 1.82) is 0 Å². The van der Waals surface area contributed by atoms with Crippen molar-refractivity contribution in [2.45, 2.75) is 33.3 Å². The van der Waals surface area contributed by atoms with Crippen LogP contribution < -0.4 is 24.3 Å². The summed E-state index contributed by atoms with van der Waals surface area (Å²) in [6.07, 6.45) is -8.15. The molecule has 0 unspecified atom stereocenters. The highest BCUT2D eigenvalue weighted by molar-refractivity contribution is 6.09. The van der Waals surface area contributed by atoms with Gasteiger partial charge in [-0.1, -0.05) is 0 Å². The second kappa shape index (κ2) is 11.7. The molecule has 0 radical (unpaired) electrons. The molecule has 0 saturated heterocycles. The average molecular weight is 573 g/mol. The molecule has 0 aliphatic carbocycles. The molecule has 2 heterocycles. The number of benzene rings is 1. The highest BCUT2D eigenvalue weighted by atomic mass is 19.4. The number of ether oxygens (including phenoxy) is 4. The Balaban J connectivity index is 2.16. The molecule has 0 saturated carbocycles. The van der Waals surface area contributed by atoms with Gasteiger partial charge >= 0.3 is 12.5 Å². The number of Topliss-reactive ketones (excluding diaryl/α,β-unsaturated/α-hetero) is 1. The number of hydrogen-bond acceptors (Lipinski definition) is 8. The molecule has 0 aliphatic rings. The second-order valence-electron chi connectivity index (χ2n) is 7.96. The van der Waals surface area contributed by atoms with Gasteiger partial charge in [0.1, 0.15) is 17.0 Å². The molecule has 3 aromatic rings. The summed E-state index contributed by atoms with van der Waals surface area (Å²) in [4.78, 5) is 32.5. The Hall–Kier alpha value is -4.56. The molecule has 3 rings (SSSR count). The molecule has 1 amide bonds. The summed E-state index contributed by atoms with van der Waals surface area (Å²) in [5.41, 5.74) is -1.83. The number of anilines is 1. The number of carbonyl (C=O) groups excluding carboxylic acids is 2. The Kier molecular flexibility index (Phi) is 8.75. The lowest BCUT2D eigenvalue weighted by Crippen LogP contribution is -2.20. The fraction of sp³-hybridized carbons (Fsp3) is 0.280. The lowest BCUT2D eigenvalue weighted by Gasteiger charge is -2.20. The molecule has 0 aliphatic heterocycles. The number of halogens is 6. The zero-order valence-corrected chi connectivity index (χ0v) is 21.3. The van der Waals surface area contributed by atoms with Crippen molar-refractivity contribution in [2.24, 2.45) is 0 Å². The number of alkyl halides is 6. The van der Waals surface area contributed by atoms with E-state index in [1.165, 1.54) is 33.0 Å². The SMILES string of the molecule is CCOc1c(C(F)(F)F)ncc(Oc2ccc(OC(F)(F)F)cc2OC)c1C(=O)Nc1cc(C(C)=O)ncc1C. The van der Waals surface area contributed by atoms with Gasteiger partial charge in [0.2, 0.25) is 0 Å². The van der Waals surface area contributed by atoms with E-state index in [2.05, 4.69) is 20.0 Å². The van der Waals surface area contributed by atoms with Crippen molar-refractivity contribution < 1.29 is 54.9 Å². The minimum Gasteiger partial charge on any atom is -0.493 e. The summed E-state index contributed by atoms with van der Waals surface area (Å²) in [6.45, 7) is 3.85. The molecular formula is C25H21F6N3O6. The molecule has 40 heavy (non-hydrogen) atoms. The molecule has 214 valence electrons. The van der Waals surface area contributed by atoms with Crippen molar-refractivity contribution in [3.05, 3.63) is 59.2 Å². The van der Waals surface area contributed by atoms with Gasteiger partial charge in [-0.3, -0.25) is 14.6 Å². The molecule has 0 bridgehead atoms. The Morgan fingerprint density at radius 2 is 1.68 bits per heavy atom. The quantitative estimate of drug-likeness (QED) is 0.233. The number of aryl methyl sites for hydroxylation is 1. The van der Waals surface area contributed by atoms with Crippen LogP contribution in [0, 0.1) is 6.92 Å². The third kappa shape index (κ3) is 7.09. The molecule has 1 N–H and O–H groups in total. The van der Waals surface area contributed by atoms with Crippen LogP contribution >= 0.6 is 0 Å². The van der Waals surface area contributed by atoms with E-state index in [-0.39, 0.29) is 29.5 Å². The molecular weight excluding hydrogens is 552 g/mol. The number of nitrogens with zero attached hydrogens (tertiary/aromatic N) is 2. The van der Waals surface area contributed by atoms with Crippen molar-refractivity contribution >= 4 is 17.4 Å². The Morgan fingerprint density at radius 3 is 2.25 bits per heavy atom. The van der Waals surface area contributed by atoms with Gasteiger partial charge in [-0.15, -0.1) is 13.2 Å². The number of nitrogens with one attached hydrogen (secondary N) is 1. The molecule has 2 aromatic heterocycles. The van der Waals surface area contributed by atoms with Gasteiger partial charge in [0.05, 0.1) is 19.9 Å². The van der Waals surface area contributed by atoms with Gasteiger partial charge in [-0.25, -0.2) is 4.98 Å². The standard InChI is InChI=1S/C25H21F6N3O6/c1-5-38-21-20(23(36)34-15-9-16(13(3)35)32-10-12(15)2)19(11-33-22(21)24(26,27)28)39-17-7-6-14(8-18(17)37-4)40-25(29,30)31/h6-11H,5H2,1-4H3,(H,32,34,36). The Bertz CT molecular complexity index is 1430. The average Bonchev–Trinajstić information content (AvgIpc) is 2.84. The lowest BCUT2D eigenvalue weighted by molar-refractivity contribution is -0.274. The molecule has 9 nitrogen and oxygen atoms in total. The first-order valence-electron chi connectivity index (χ1n) is 11.3. The number of hydrogen-bond donors (Lipinski definition) is 1. The van der Waals surface area contributed by atoms with Crippen LogP contribution in [0.25, 0.3) is 0 Å². The topological polar surface area (TPSA) is 109 Å². The number of aromatic nitrogens is 2. The molecule has 0 fully saturated rings. The number of pyridine rings is 2. The number of carbonyl (C=O) groups is 2. The van der Waals surface area contributed by atoms with Gasteiger partial charge < -0.3 is 24.3 Å². The maximum atomic E-state index is 13.8. The van der Waals surface area contributed by atoms with E-state index in [4.69, 9.17) is 14.2 Å². The van der Waals surface area contributed by atoms with E-state index in [0.717, 1.165) is 25.3 Å². The van der Waals surface area contributed by atoms with E-state index in [1.54, 1.807) is 0 Å².